The number of benzene rings is 2. The smallest absolute Gasteiger partial charge is 0.315 e. The molecule has 0 bridgehead atoms. The van der Waals surface area contributed by atoms with Crippen LogP contribution in [0.3, 0.4) is 0 Å². The predicted octanol–water partition coefficient (Wildman–Crippen LogP) is 4.07. The van der Waals surface area contributed by atoms with Crippen LogP contribution in [0.15, 0.2) is 60.7 Å². The molecular weight excluding hydrogens is 284 g/mol. The summed E-state index contributed by atoms with van der Waals surface area (Å²) in [7, 11) is 0. The van der Waals surface area contributed by atoms with E-state index in [-0.39, 0.29) is 12.1 Å². The summed E-state index contributed by atoms with van der Waals surface area (Å²) in [5.41, 5.74) is 2.36. The Morgan fingerprint density at radius 3 is 2.26 bits per heavy atom. The van der Waals surface area contributed by atoms with Gasteiger partial charge < -0.3 is 10.6 Å². The number of hydrogen-bond acceptors (Lipinski definition) is 1. The third kappa shape index (κ3) is 4.59. The van der Waals surface area contributed by atoms with E-state index in [0.717, 1.165) is 18.5 Å². The van der Waals surface area contributed by atoms with Crippen LogP contribution in [0.1, 0.15) is 36.4 Å². The zero-order valence-corrected chi connectivity index (χ0v) is 13.4. The molecule has 3 heteroatoms. The van der Waals surface area contributed by atoms with E-state index in [1.54, 1.807) is 0 Å². The van der Waals surface area contributed by atoms with E-state index in [1.165, 1.54) is 24.8 Å². The van der Waals surface area contributed by atoms with Gasteiger partial charge in [-0.1, -0.05) is 67.1 Å². The number of amides is 2. The molecular formula is C20H24N2O. The van der Waals surface area contributed by atoms with Gasteiger partial charge in [0.1, 0.15) is 0 Å². The van der Waals surface area contributed by atoms with E-state index in [2.05, 4.69) is 34.9 Å². The lowest BCUT2D eigenvalue weighted by atomic mass is 9.85. The number of nitrogens with one attached hydrogen (secondary N) is 2. The Morgan fingerprint density at radius 1 is 1.00 bits per heavy atom. The Hall–Kier alpha value is -2.29. The average Bonchev–Trinajstić information content (AvgIpc) is 2.55. The van der Waals surface area contributed by atoms with Crippen molar-refractivity contribution in [2.45, 2.75) is 31.7 Å². The third-order valence-corrected chi connectivity index (χ3v) is 4.57. The fraction of sp³-hybridized carbons (Fsp3) is 0.350. The molecule has 2 aromatic rings. The molecule has 120 valence electrons. The van der Waals surface area contributed by atoms with Crippen LogP contribution in [-0.2, 0) is 6.42 Å². The highest BCUT2D eigenvalue weighted by atomic mass is 16.2. The zero-order valence-electron chi connectivity index (χ0n) is 13.4. The summed E-state index contributed by atoms with van der Waals surface area (Å²) < 4.78 is 0. The quantitative estimate of drug-likeness (QED) is 0.830. The highest BCUT2D eigenvalue weighted by Gasteiger charge is 2.19. The Balaban J connectivity index is 1.63. The Bertz CT molecular complexity index is 608. The zero-order chi connectivity index (χ0) is 15.9. The SMILES string of the molecule is O=C(NCC1CCC1)NC(Cc1ccccc1)c1ccccc1. The van der Waals surface area contributed by atoms with Crippen LogP contribution in [0.5, 0.6) is 0 Å². The largest absolute Gasteiger partial charge is 0.338 e. The van der Waals surface area contributed by atoms with Crippen molar-refractivity contribution < 1.29 is 4.79 Å². The van der Waals surface area contributed by atoms with Gasteiger partial charge in [0.15, 0.2) is 0 Å². The number of carbonyl (C=O) groups excluding carboxylic acids is 1. The Morgan fingerprint density at radius 2 is 1.65 bits per heavy atom. The summed E-state index contributed by atoms with van der Waals surface area (Å²) in [6.45, 7) is 0.790. The van der Waals surface area contributed by atoms with Crippen molar-refractivity contribution in [2.75, 3.05) is 6.54 Å². The van der Waals surface area contributed by atoms with E-state index < -0.39 is 0 Å². The molecule has 1 atom stereocenters. The molecule has 2 amide bonds. The van der Waals surface area contributed by atoms with Gasteiger partial charge in [-0.2, -0.15) is 0 Å². The lowest BCUT2D eigenvalue weighted by Gasteiger charge is -2.26. The molecule has 1 fully saturated rings. The molecule has 2 N–H and O–H groups in total. The van der Waals surface area contributed by atoms with Crippen molar-refractivity contribution in [3.8, 4) is 0 Å². The second kappa shape index (κ2) is 7.82. The molecule has 0 saturated heterocycles. The van der Waals surface area contributed by atoms with E-state index >= 15 is 0 Å². The van der Waals surface area contributed by atoms with Crippen LogP contribution in [-0.4, -0.2) is 12.6 Å². The molecule has 1 unspecified atom stereocenters. The molecule has 23 heavy (non-hydrogen) atoms. The van der Waals surface area contributed by atoms with Crippen molar-refractivity contribution in [3.05, 3.63) is 71.8 Å². The van der Waals surface area contributed by atoms with Crippen LogP contribution in [0.4, 0.5) is 4.79 Å². The third-order valence-electron chi connectivity index (χ3n) is 4.57. The van der Waals surface area contributed by atoms with Gasteiger partial charge in [0.05, 0.1) is 6.04 Å². The van der Waals surface area contributed by atoms with Crippen LogP contribution < -0.4 is 10.6 Å². The van der Waals surface area contributed by atoms with Crippen LogP contribution in [0.2, 0.25) is 0 Å². The molecule has 0 radical (unpaired) electrons. The summed E-state index contributed by atoms with van der Waals surface area (Å²) in [4.78, 5) is 12.2. The first-order valence-electron chi connectivity index (χ1n) is 8.44. The first-order valence-corrected chi connectivity index (χ1v) is 8.44. The Kier molecular flexibility index (Phi) is 5.30. The van der Waals surface area contributed by atoms with Crippen molar-refractivity contribution in [1.82, 2.24) is 10.6 Å². The molecule has 1 saturated carbocycles. The minimum absolute atomic E-state index is 0.0139. The molecule has 1 aliphatic carbocycles. The van der Waals surface area contributed by atoms with Gasteiger partial charge in [0, 0.05) is 6.54 Å². The standard InChI is InChI=1S/C20H24N2O/c23-20(21-15-17-10-7-11-17)22-19(18-12-5-2-6-13-18)14-16-8-3-1-4-9-16/h1-6,8-9,12-13,17,19H,7,10-11,14-15H2,(H2,21,22,23). The summed E-state index contributed by atoms with van der Waals surface area (Å²) in [5, 5.41) is 6.16. The van der Waals surface area contributed by atoms with Gasteiger partial charge in [-0.05, 0) is 36.3 Å². The maximum atomic E-state index is 12.2. The van der Waals surface area contributed by atoms with Gasteiger partial charge in [-0.25, -0.2) is 4.79 Å². The average molecular weight is 308 g/mol. The van der Waals surface area contributed by atoms with E-state index in [4.69, 9.17) is 0 Å². The van der Waals surface area contributed by atoms with Crippen molar-refractivity contribution in [2.24, 2.45) is 5.92 Å². The second-order valence-electron chi connectivity index (χ2n) is 6.30. The summed E-state index contributed by atoms with van der Waals surface area (Å²) in [5.74, 6) is 0.671. The lowest BCUT2D eigenvalue weighted by Crippen LogP contribution is -2.41. The van der Waals surface area contributed by atoms with Gasteiger partial charge >= 0.3 is 6.03 Å². The van der Waals surface area contributed by atoms with Crippen molar-refractivity contribution in [3.63, 3.8) is 0 Å². The van der Waals surface area contributed by atoms with Crippen molar-refractivity contribution >= 4 is 6.03 Å². The van der Waals surface area contributed by atoms with Gasteiger partial charge in [-0.3, -0.25) is 0 Å². The lowest BCUT2D eigenvalue weighted by molar-refractivity contribution is 0.229. The molecule has 3 nitrogen and oxygen atoms in total. The summed E-state index contributed by atoms with van der Waals surface area (Å²) in [6, 6.07) is 20.4. The van der Waals surface area contributed by atoms with E-state index in [1.807, 2.05) is 36.4 Å². The number of hydrogen-bond donors (Lipinski definition) is 2. The first-order chi connectivity index (χ1) is 11.3. The first kappa shape index (κ1) is 15.6. The fourth-order valence-corrected chi connectivity index (χ4v) is 2.93. The molecule has 0 heterocycles. The molecule has 3 rings (SSSR count). The summed E-state index contributed by atoms with van der Waals surface area (Å²) >= 11 is 0. The van der Waals surface area contributed by atoms with E-state index in [0.29, 0.717) is 5.92 Å². The minimum atomic E-state index is -0.0679. The molecule has 0 aromatic heterocycles. The highest BCUT2D eigenvalue weighted by molar-refractivity contribution is 5.74. The second-order valence-corrected chi connectivity index (χ2v) is 6.30. The Labute approximate surface area is 138 Å². The summed E-state index contributed by atoms with van der Waals surface area (Å²) in [6.07, 6.45) is 4.58. The molecule has 0 spiro atoms. The van der Waals surface area contributed by atoms with Crippen LogP contribution in [0.25, 0.3) is 0 Å². The van der Waals surface area contributed by atoms with Gasteiger partial charge in [-0.15, -0.1) is 0 Å². The topological polar surface area (TPSA) is 41.1 Å². The van der Waals surface area contributed by atoms with E-state index in [9.17, 15) is 4.79 Å². The maximum Gasteiger partial charge on any atom is 0.315 e. The maximum absolute atomic E-state index is 12.2. The number of rotatable bonds is 6. The monoisotopic (exact) mass is 308 g/mol. The van der Waals surface area contributed by atoms with Gasteiger partial charge in [0.25, 0.3) is 0 Å². The highest BCUT2D eigenvalue weighted by Crippen LogP contribution is 2.25. The molecule has 2 aromatic carbocycles. The molecule has 0 aliphatic heterocycles. The molecule has 1 aliphatic rings. The fourth-order valence-electron chi connectivity index (χ4n) is 2.93. The minimum Gasteiger partial charge on any atom is -0.338 e. The predicted molar refractivity (Wildman–Crippen MR) is 93.2 cm³/mol. The van der Waals surface area contributed by atoms with Crippen LogP contribution >= 0.6 is 0 Å². The van der Waals surface area contributed by atoms with Gasteiger partial charge in [0.2, 0.25) is 0 Å². The van der Waals surface area contributed by atoms with Crippen LogP contribution in [0, 0.1) is 5.92 Å². The number of urea groups is 1. The number of carbonyl (C=O) groups is 1. The van der Waals surface area contributed by atoms with Crippen molar-refractivity contribution in [1.29, 1.82) is 0 Å². The normalized spacial score (nSPS) is 15.5.